The van der Waals surface area contributed by atoms with E-state index in [1.165, 1.54) is 31.4 Å². The molecule has 1 aromatic rings. The standard InChI is InChI=1S/C14H19FN2O/c1-2-17(9-10-4-3-5-10)14(18)12-7-6-11(16)8-13(12)15/h6-8,10H,2-5,9,16H2,1H3. The summed E-state index contributed by atoms with van der Waals surface area (Å²) < 4.78 is 13.7. The van der Waals surface area contributed by atoms with Crippen LogP contribution in [0.5, 0.6) is 0 Å². The van der Waals surface area contributed by atoms with Crippen molar-refractivity contribution in [1.29, 1.82) is 0 Å². The van der Waals surface area contributed by atoms with Gasteiger partial charge in [0.1, 0.15) is 5.82 Å². The van der Waals surface area contributed by atoms with Gasteiger partial charge in [-0.3, -0.25) is 4.79 Å². The summed E-state index contributed by atoms with van der Waals surface area (Å²) in [5.74, 6) is -0.181. The van der Waals surface area contributed by atoms with E-state index in [1.54, 1.807) is 11.0 Å². The number of anilines is 1. The molecule has 98 valence electrons. The van der Waals surface area contributed by atoms with Crippen LogP contribution in [0.1, 0.15) is 36.5 Å². The van der Waals surface area contributed by atoms with Gasteiger partial charge >= 0.3 is 0 Å². The van der Waals surface area contributed by atoms with Crippen molar-refractivity contribution in [3.05, 3.63) is 29.6 Å². The van der Waals surface area contributed by atoms with Crippen molar-refractivity contribution in [2.24, 2.45) is 5.92 Å². The third-order valence-electron chi connectivity index (χ3n) is 3.60. The molecule has 0 saturated heterocycles. The molecule has 1 aromatic carbocycles. The molecule has 18 heavy (non-hydrogen) atoms. The van der Waals surface area contributed by atoms with Gasteiger partial charge < -0.3 is 10.6 Å². The molecule has 1 aliphatic carbocycles. The number of benzene rings is 1. The molecule has 3 nitrogen and oxygen atoms in total. The number of nitrogens with two attached hydrogens (primary N) is 1. The Hall–Kier alpha value is -1.58. The number of nitrogens with zero attached hydrogens (tertiary/aromatic N) is 1. The summed E-state index contributed by atoms with van der Waals surface area (Å²) in [7, 11) is 0. The van der Waals surface area contributed by atoms with Crippen molar-refractivity contribution >= 4 is 11.6 Å². The lowest BCUT2D eigenvalue weighted by molar-refractivity contribution is 0.0702. The molecule has 1 saturated carbocycles. The molecule has 0 atom stereocenters. The van der Waals surface area contributed by atoms with Crippen LogP contribution in [0, 0.1) is 11.7 Å². The first-order chi connectivity index (χ1) is 8.61. The average molecular weight is 250 g/mol. The number of hydrogen-bond donors (Lipinski definition) is 1. The Labute approximate surface area is 107 Å². The van der Waals surface area contributed by atoms with Gasteiger partial charge in [0.25, 0.3) is 5.91 Å². The van der Waals surface area contributed by atoms with Crippen LogP contribution in [-0.4, -0.2) is 23.9 Å². The van der Waals surface area contributed by atoms with Crippen LogP contribution in [0.3, 0.4) is 0 Å². The first-order valence-corrected chi connectivity index (χ1v) is 6.46. The molecule has 4 heteroatoms. The molecule has 0 spiro atoms. The average Bonchev–Trinajstić information content (AvgIpc) is 2.27. The van der Waals surface area contributed by atoms with E-state index in [2.05, 4.69) is 0 Å². The summed E-state index contributed by atoms with van der Waals surface area (Å²) in [6, 6.07) is 4.23. The molecule has 2 N–H and O–H groups in total. The Morgan fingerprint density at radius 2 is 2.22 bits per heavy atom. The van der Waals surface area contributed by atoms with Crippen molar-refractivity contribution in [1.82, 2.24) is 4.90 Å². The highest BCUT2D eigenvalue weighted by Crippen LogP contribution is 2.27. The van der Waals surface area contributed by atoms with E-state index in [4.69, 9.17) is 5.73 Å². The number of amides is 1. The van der Waals surface area contributed by atoms with Gasteiger partial charge in [0, 0.05) is 18.8 Å². The Morgan fingerprint density at radius 3 is 2.72 bits per heavy atom. The predicted molar refractivity (Wildman–Crippen MR) is 69.7 cm³/mol. The molecule has 0 heterocycles. The van der Waals surface area contributed by atoms with Gasteiger partial charge in [-0.25, -0.2) is 4.39 Å². The van der Waals surface area contributed by atoms with E-state index in [0.717, 1.165) is 6.54 Å². The fraction of sp³-hybridized carbons (Fsp3) is 0.500. The molecule has 0 aromatic heterocycles. The van der Waals surface area contributed by atoms with Crippen LogP contribution in [0.2, 0.25) is 0 Å². The quantitative estimate of drug-likeness (QED) is 0.835. The minimum Gasteiger partial charge on any atom is -0.399 e. The zero-order chi connectivity index (χ0) is 13.1. The van der Waals surface area contributed by atoms with E-state index in [0.29, 0.717) is 18.2 Å². The van der Waals surface area contributed by atoms with Crippen LogP contribution < -0.4 is 5.73 Å². The van der Waals surface area contributed by atoms with Gasteiger partial charge in [0.2, 0.25) is 0 Å². The molecule has 0 radical (unpaired) electrons. The van der Waals surface area contributed by atoms with Crippen molar-refractivity contribution in [3.8, 4) is 0 Å². The zero-order valence-corrected chi connectivity index (χ0v) is 10.7. The van der Waals surface area contributed by atoms with Crippen molar-refractivity contribution in [2.75, 3.05) is 18.8 Å². The zero-order valence-electron chi connectivity index (χ0n) is 10.7. The van der Waals surface area contributed by atoms with Crippen molar-refractivity contribution < 1.29 is 9.18 Å². The van der Waals surface area contributed by atoms with Crippen LogP contribution in [0.4, 0.5) is 10.1 Å². The maximum absolute atomic E-state index is 13.7. The highest BCUT2D eigenvalue weighted by atomic mass is 19.1. The van der Waals surface area contributed by atoms with Crippen LogP contribution in [-0.2, 0) is 0 Å². The Balaban J connectivity index is 2.11. The summed E-state index contributed by atoms with van der Waals surface area (Å²) in [5.41, 5.74) is 5.94. The van der Waals surface area contributed by atoms with E-state index in [1.807, 2.05) is 6.92 Å². The molecule has 1 amide bonds. The fourth-order valence-electron chi connectivity index (χ4n) is 2.22. The van der Waals surface area contributed by atoms with Gasteiger partial charge in [0.05, 0.1) is 5.56 Å². The molecular weight excluding hydrogens is 231 g/mol. The summed E-state index contributed by atoms with van der Waals surface area (Å²) in [6.45, 7) is 3.27. The van der Waals surface area contributed by atoms with Crippen LogP contribution in [0.15, 0.2) is 18.2 Å². The number of halogens is 1. The molecule has 1 aliphatic rings. The first-order valence-electron chi connectivity index (χ1n) is 6.46. The van der Waals surface area contributed by atoms with Gasteiger partial charge in [-0.15, -0.1) is 0 Å². The largest absolute Gasteiger partial charge is 0.399 e. The Bertz CT molecular complexity index is 443. The molecular formula is C14H19FN2O. The van der Waals surface area contributed by atoms with Crippen LogP contribution in [0.25, 0.3) is 0 Å². The second-order valence-electron chi connectivity index (χ2n) is 4.88. The molecule has 2 rings (SSSR count). The number of nitrogen functional groups attached to an aromatic ring is 1. The van der Waals surface area contributed by atoms with E-state index < -0.39 is 5.82 Å². The smallest absolute Gasteiger partial charge is 0.256 e. The second kappa shape index (κ2) is 5.38. The maximum atomic E-state index is 13.7. The van der Waals surface area contributed by atoms with Crippen molar-refractivity contribution in [2.45, 2.75) is 26.2 Å². The number of carbonyl (C=O) groups is 1. The fourth-order valence-corrected chi connectivity index (χ4v) is 2.22. The monoisotopic (exact) mass is 250 g/mol. The second-order valence-corrected chi connectivity index (χ2v) is 4.88. The lowest BCUT2D eigenvalue weighted by Gasteiger charge is -2.31. The topological polar surface area (TPSA) is 46.3 Å². The van der Waals surface area contributed by atoms with E-state index >= 15 is 0 Å². The molecule has 1 fully saturated rings. The Kier molecular flexibility index (Phi) is 3.84. The SMILES string of the molecule is CCN(CC1CCC1)C(=O)c1ccc(N)cc1F. The summed E-state index contributed by atoms with van der Waals surface area (Å²) in [6.07, 6.45) is 3.59. The van der Waals surface area contributed by atoms with E-state index in [-0.39, 0.29) is 11.5 Å². The van der Waals surface area contributed by atoms with Gasteiger partial charge in [-0.05, 0) is 43.9 Å². The minimum atomic E-state index is -0.535. The predicted octanol–water partition coefficient (Wildman–Crippen LogP) is 2.67. The van der Waals surface area contributed by atoms with E-state index in [9.17, 15) is 9.18 Å². The van der Waals surface area contributed by atoms with Crippen LogP contribution >= 0.6 is 0 Å². The van der Waals surface area contributed by atoms with Gasteiger partial charge in [-0.2, -0.15) is 0 Å². The summed E-state index contributed by atoms with van der Waals surface area (Å²) in [5, 5.41) is 0. The third kappa shape index (κ3) is 2.63. The molecule has 0 unspecified atom stereocenters. The lowest BCUT2D eigenvalue weighted by Crippen LogP contribution is -2.37. The molecule has 0 bridgehead atoms. The lowest BCUT2D eigenvalue weighted by atomic mass is 9.85. The van der Waals surface area contributed by atoms with Crippen molar-refractivity contribution in [3.63, 3.8) is 0 Å². The highest BCUT2D eigenvalue weighted by Gasteiger charge is 2.24. The Morgan fingerprint density at radius 1 is 1.50 bits per heavy atom. The number of carbonyl (C=O) groups excluding carboxylic acids is 1. The number of hydrogen-bond acceptors (Lipinski definition) is 2. The molecule has 0 aliphatic heterocycles. The first kappa shape index (κ1) is 12.9. The summed E-state index contributed by atoms with van der Waals surface area (Å²) in [4.78, 5) is 13.9. The normalized spacial score (nSPS) is 15.2. The highest BCUT2D eigenvalue weighted by molar-refractivity contribution is 5.94. The minimum absolute atomic E-state index is 0.116. The third-order valence-corrected chi connectivity index (χ3v) is 3.60. The summed E-state index contributed by atoms with van der Waals surface area (Å²) >= 11 is 0. The maximum Gasteiger partial charge on any atom is 0.256 e. The number of rotatable bonds is 4. The van der Waals surface area contributed by atoms with Gasteiger partial charge in [0.15, 0.2) is 0 Å². The van der Waals surface area contributed by atoms with Gasteiger partial charge in [-0.1, -0.05) is 6.42 Å².